The van der Waals surface area contributed by atoms with E-state index in [2.05, 4.69) is 13.8 Å². The van der Waals surface area contributed by atoms with Gasteiger partial charge in [-0.1, -0.05) is 13.8 Å². The third-order valence-corrected chi connectivity index (χ3v) is 5.35. The summed E-state index contributed by atoms with van der Waals surface area (Å²) in [6, 6.07) is 0. The molecule has 0 aromatic rings. The molecule has 3 N–H and O–H groups in total. The van der Waals surface area contributed by atoms with Crippen LogP contribution in [-0.2, 0) is 4.74 Å². The standard InChI is InChI=1S/C15H29NO2/c1-14(2)5-7-15(11-16,8-6-14)13(17)12-3-9-18-10-4-12/h12-13,17H,3-11,16H2,1-2H3. The molecular formula is C15H29NO2. The van der Waals surface area contributed by atoms with E-state index in [1.54, 1.807) is 0 Å². The molecule has 106 valence electrons. The Bertz CT molecular complexity index is 262. The molecule has 1 unspecified atom stereocenters. The fourth-order valence-corrected chi connectivity index (χ4v) is 3.58. The monoisotopic (exact) mass is 255 g/mol. The quantitative estimate of drug-likeness (QED) is 0.813. The van der Waals surface area contributed by atoms with Crippen LogP contribution in [0.2, 0.25) is 0 Å². The summed E-state index contributed by atoms with van der Waals surface area (Å²) < 4.78 is 5.39. The lowest BCUT2D eigenvalue weighted by atomic mass is 9.60. The van der Waals surface area contributed by atoms with E-state index in [0.29, 0.717) is 17.9 Å². The molecule has 0 bridgehead atoms. The zero-order chi connectivity index (χ0) is 13.2. The number of aliphatic hydroxyl groups excluding tert-OH is 1. The minimum absolute atomic E-state index is 0.0302. The van der Waals surface area contributed by atoms with E-state index in [4.69, 9.17) is 10.5 Å². The summed E-state index contributed by atoms with van der Waals surface area (Å²) in [5.74, 6) is 0.392. The highest BCUT2D eigenvalue weighted by Gasteiger charge is 2.45. The maximum Gasteiger partial charge on any atom is 0.0638 e. The summed E-state index contributed by atoms with van der Waals surface area (Å²) in [5, 5.41) is 10.8. The van der Waals surface area contributed by atoms with Crippen molar-refractivity contribution >= 4 is 0 Å². The van der Waals surface area contributed by atoms with Crippen LogP contribution in [0.5, 0.6) is 0 Å². The highest BCUT2D eigenvalue weighted by atomic mass is 16.5. The van der Waals surface area contributed by atoms with Gasteiger partial charge in [0.25, 0.3) is 0 Å². The summed E-state index contributed by atoms with van der Waals surface area (Å²) >= 11 is 0. The van der Waals surface area contributed by atoms with Gasteiger partial charge < -0.3 is 15.6 Å². The fourth-order valence-electron chi connectivity index (χ4n) is 3.58. The molecule has 2 fully saturated rings. The second-order valence-corrected chi connectivity index (χ2v) is 7.13. The Kier molecular flexibility index (Phi) is 4.35. The molecule has 1 aliphatic heterocycles. The predicted octanol–water partition coefficient (Wildman–Crippen LogP) is 2.32. The molecule has 2 rings (SSSR count). The SMILES string of the molecule is CC1(C)CCC(CN)(C(O)C2CCOCC2)CC1. The zero-order valence-electron chi connectivity index (χ0n) is 12.0. The first-order valence-corrected chi connectivity index (χ1v) is 7.45. The van der Waals surface area contributed by atoms with E-state index < -0.39 is 0 Å². The molecule has 1 atom stereocenters. The smallest absolute Gasteiger partial charge is 0.0638 e. The molecule has 1 saturated carbocycles. The number of hydrogen-bond acceptors (Lipinski definition) is 3. The summed E-state index contributed by atoms with van der Waals surface area (Å²) in [6.45, 7) is 6.88. The molecule has 3 heteroatoms. The largest absolute Gasteiger partial charge is 0.392 e. The summed E-state index contributed by atoms with van der Waals surface area (Å²) in [5.41, 5.74) is 6.44. The van der Waals surface area contributed by atoms with Crippen LogP contribution in [0, 0.1) is 16.7 Å². The number of aliphatic hydroxyl groups is 1. The van der Waals surface area contributed by atoms with E-state index in [0.717, 1.165) is 38.9 Å². The van der Waals surface area contributed by atoms with E-state index >= 15 is 0 Å². The van der Waals surface area contributed by atoms with Crippen LogP contribution in [-0.4, -0.2) is 31.0 Å². The van der Waals surface area contributed by atoms with Gasteiger partial charge in [-0.25, -0.2) is 0 Å². The number of nitrogens with two attached hydrogens (primary N) is 1. The second-order valence-electron chi connectivity index (χ2n) is 7.13. The first kappa shape index (κ1) is 14.3. The average molecular weight is 255 g/mol. The Morgan fingerprint density at radius 2 is 1.72 bits per heavy atom. The molecule has 0 amide bonds. The van der Waals surface area contributed by atoms with Gasteiger partial charge in [0.05, 0.1) is 6.10 Å². The van der Waals surface area contributed by atoms with Crippen molar-refractivity contribution in [3.05, 3.63) is 0 Å². The van der Waals surface area contributed by atoms with Crippen molar-refractivity contribution in [1.29, 1.82) is 0 Å². The number of rotatable bonds is 3. The van der Waals surface area contributed by atoms with Gasteiger partial charge in [-0.2, -0.15) is 0 Å². The molecule has 0 aromatic heterocycles. The van der Waals surface area contributed by atoms with Gasteiger partial charge in [-0.05, 0) is 49.9 Å². The lowest BCUT2D eigenvalue weighted by Gasteiger charge is -2.48. The second kappa shape index (κ2) is 5.48. The molecule has 1 aliphatic carbocycles. The first-order valence-electron chi connectivity index (χ1n) is 7.45. The van der Waals surface area contributed by atoms with E-state index in [9.17, 15) is 5.11 Å². The predicted molar refractivity (Wildman–Crippen MR) is 73.3 cm³/mol. The molecule has 18 heavy (non-hydrogen) atoms. The Hall–Kier alpha value is -0.120. The van der Waals surface area contributed by atoms with E-state index in [1.165, 1.54) is 12.8 Å². The van der Waals surface area contributed by atoms with Gasteiger partial charge in [0.1, 0.15) is 0 Å². The van der Waals surface area contributed by atoms with E-state index in [1.807, 2.05) is 0 Å². The highest BCUT2D eigenvalue weighted by Crippen LogP contribution is 2.48. The lowest BCUT2D eigenvalue weighted by molar-refractivity contribution is -0.0810. The summed E-state index contributed by atoms with van der Waals surface area (Å²) in [6.07, 6.45) is 6.28. The van der Waals surface area contributed by atoms with E-state index in [-0.39, 0.29) is 11.5 Å². The Morgan fingerprint density at radius 1 is 1.17 bits per heavy atom. The van der Waals surface area contributed by atoms with Crippen LogP contribution in [0.25, 0.3) is 0 Å². The van der Waals surface area contributed by atoms with Crippen LogP contribution < -0.4 is 5.73 Å². The van der Waals surface area contributed by atoms with Crippen molar-refractivity contribution < 1.29 is 9.84 Å². The minimum atomic E-state index is -0.234. The van der Waals surface area contributed by atoms with Crippen molar-refractivity contribution in [1.82, 2.24) is 0 Å². The molecule has 2 aliphatic rings. The zero-order valence-corrected chi connectivity index (χ0v) is 12.0. The van der Waals surface area contributed by atoms with Crippen molar-refractivity contribution in [2.24, 2.45) is 22.5 Å². The van der Waals surface area contributed by atoms with Gasteiger partial charge >= 0.3 is 0 Å². The number of hydrogen-bond donors (Lipinski definition) is 2. The minimum Gasteiger partial charge on any atom is -0.392 e. The Morgan fingerprint density at radius 3 is 2.22 bits per heavy atom. The van der Waals surface area contributed by atoms with Crippen LogP contribution in [0.15, 0.2) is 0 Å². The topological polar surface area (TPSA) is 55.5 Å². The average Bonchev–Trinajstić information content (AvgIpc) is 2.40. The fraction of sp³-hybridized carbons (Fsp3) is 1.00. The van der Waals surface area contributed by atoms with Gasteiger partial charge in [-0.3, -0.25) is 0 Å². The maximum absolute atomic E-state index is 10.8. The van der Waals surface area contributed by atoms with Crippen molar-refractivity contribution in [2.75, 3.05) is 19.8 Å². The Labute approximate surface area is 111 Å². The molecule has 3 nitrogen and oxygen atoms in total. The van der Waals surface area contributed by atoms with Crippen molar-refractivity contribution in [3.63, 3.8) is 0 Å². The van der Waals surface area contributed by atoms with Gasteiger partial charge in [-0.15, -0.1) is 0 Å². The van der Waals surface area contributed by atoms with Crippen LogP contribution in [0.1, 0.15) is 52.4 Å². The molecular weight excluding hydrogens is 226 g/mol. The first-order chi connectivity index (χ1) is 8.49. The highest BCUT2D eigenvalue weighted by molar-refractivity contribution is 4.96. The van der Waals surface area contributed by atoms with Crippen LogP contribution in [0.4, 0.5) is 0 Å². The third kappa shape index (κ3) is 2.89. The molecule has 0 spiro atoms. The molecule has 0 radical (unpaired) electrons. The molecule has 0 aromatic carbocycles. The van der Waals surface area contributed by atoms with Crippen molar-refractivity contribution in [2.45, 2.75) is 58.5 Å². The normalized spacial score (nSPS) is 30.0. The van der Waals surface area contributed by atoms with Gasteiger partial charge in [0.2, 0.25) is 0 Å². The maximum atomic E-state index is 10.8. The summed E-state index contributed by atoms with van der Waals surface area (Å²) in [4.78, 5) is 0. The molecule has 1 saturated heterocycles. The Balaban J connectivity index is 2.02. The van der Waals surface area contributed by atoms with Gasteiger partial charge in [0, 0.05) is 25.2 Å². The van der Waals surface area contributed by atoms with Crippen molar-refractivity contribution in [3.8, 4) is 0 Å². The van der Waals surface area contributed by atoms with Gasteiger partial charge in [0.15, 0.2) is 0 Å². The lowest BCUT2D eigenvalue weighted by Crippen LogP contribution is -2.49. The molecule has 1 heterocycles. The van der Waals surface area contributed by atoms with Crippen LogP contribution >= 0.6 is 0 Å². The third-order valence-electron chi connectivity index (χ3n) is 5.35. The number of ether oxygens (including phenoxy) is 1. The van der Waals surface area contributed by atoms with Crippen LogP contribution in [0.3, 0.4) is 0 Å². The summed E-state index contributed by atoms with van der Waals surface area (Å²) in [7, 11) is 0.